The number of cyclic esters (lactones) is 1. The molecule has 1 amide bonds. The topological polar surface area (TPSA) is 90.2 Å². The average Bonchev–Trinajstić information content (AvgIpc) is 3.54. The number of aromatic nitrogens is 4. The van der Waals surface area contributed by atoms with Crippen molar-refractivity contribution in [2.45, 2.75) is 71.1 Å². The molecule has 2 aromatic rings. The van der Waals surface area contributed by atoms with Gasteiger partial charge in [0.05, 0.1) is 22.4 Å². The molecule has 0 bridgehead atoms. The van der Waals surface area contributed by atoms with Gasteiger partial charge in [-0.05, 0) is 91.3 Å². The smallest absolute Gasteiger partial charge is 0.336 e. The Kier molecular flexibility index (Phi) is 5.08. The van der Waals surface area contributed by atoms with E-state index in [1.54, 1.807) is 6.92 Å². The molecule has 0 N–H and O–H groups in total. The van der Waals surface area contributed by atoms with Crippen molar-refractivity contribution < 1.29 is 14.3 Å². The Hall–Kier alpha value is -3.03. The molecule has 4 heterocycles. The van der Waals surface area contributed by atoms with E-state index >= 15 is 0 Å². The number of carbonyl (C=O) groups excluding carboxylic acids is 2. The number of esters is 1. The third-order valence-electron chi connectivity index (χ3n) is 8.72. The molecular formula is C26H31N5O3. The first-order chi connectivity index (χ1) is 16.4. The van der Waals surface area contributed by atoms with E-state index in [2.05, 4.69) is 40.6 Å². The maximum Gasteiger partial charge on any atom is 0.336 e. The fourth-order valence-electron chi connectivity index (χ4n) is 6.51. The average molecular weight is 462 g/mol. The highest BCUT2D eigenvalue weighted by atomic mass is 16.5. The Morgan fingerprint density at radius 3 is 2.76 bits per heavy atom. The molecule has 0 radical (unpaired) electrons. The first-order valence-electron chi connectivity index (χ1n) is 12.5. The van der Waals surface area contributed by atoms with Gasteiger partial charge in [0, 0.05) is 13.0 Å². The van der Waals surface area contributed by atoms with Crippen molar-refractivity contribution in [3.05, 3.63) is 46.4 Å². The number of hydrogen-bond acceptors (Lipinski definition) is 6. The van der Waals surface area contributed by atoms with Gasteiger partial charge in [-0.15, -0.1) is 5.10 Å². The molecule has 1 saturated carbocycles. The van der Waals surface area contributed by atoms with Crippen molar-refractivity contribution in [3.63, 3.8) is 0 Å². The van der Waals surface area contributed by atoms with E-state index in [1.165, 1.54) is 11.1 Å². The number of likely N-dealkylation sites (tertiary alicyclic amines) is 1. The van der Waals surface area contributed by atoms with Crippen LogP contribution in [0.2, 0.25) is 0 Å². The van der Waals surface area contributed by atoms with Crippen LogP contribution in [0.1, 0.15) is 75.2 Å². The Balaban J connectivity index is 1.09. The Labute approximate surface area is 199 Å². The number of benzene rings is 1. The molecular weight excluding hydrogens is 430 g/mol. The van der Waals surface area contributed by atoms with Crippen LogP contribution < -0.4 is 0 Å². The molecule has 3 aliphatic heterocycles. The molecule has 1 aliphatic carbocycles. The van der Waals surface area contributed by atoms with E-state index in [9.17, 15) is 9.59 Å². The standard InChI is InChI=1S/C26H31N5O3/c1-16(19-3-5-21-20(14-19)4-6-23-27-28-29-31(21)23)13-18-7-9-26(10-8-18)11-12-30(25(26)33)22-15-34-24(32)17(22)2/h3,5,14,16,18H,4,6-13,15H2,1-2H3/t16-,18?,26?/m0/s1. The summed E-state index contributed by atoms with van der Waals surface area (Å²) >= 11 is 0. The molecule has 34 heavy (non-hydrogen) atoms. The largest absolute Gasteiger partial charge is 0.456 e. The minimum atomic E-state index is -0.290. The van der Waals surface area contributed by atoms with E-state index < -0.39 is 0 Å². The number of rotatable bonds is 4. The van der Waals surface area contributed by atoms with Crippen LogP contribution in [0.4, 0.5) is 0 Å². The maximum atomic E-state index is 13.4. The van der Waals surface area contributed by atoms with Gasteiger partial charge in [-0.1, -0.05) is 19.1 Å². The fourth-order valence-corrected chi connectivity index (χ4v) is 6.51. The third-order valence-corrected chi connectivity index (χ3v) is 8.72. The zero-order valence-electron chi connectivity index (χ0n) is 19.9. The molecule has 0 unspecified atom stereocenters. The summed E-state index contributed by atoms with van der Waals surface area (Å²) in [5.74, 6) is 1.97. The van der Waals surface area contributed by atoms with E-state index in [0.29, 0.717) is 24.0 Å². The van der Waals surface area contributed by atoms with Crippen LogP contribution in [0.15, 0.2) is 29.5 Å². The number of aryl methyl sites for hydroxylation is 2. The van der Waals surface area contributed by atoms with Gasteiger partial charge in [0.25, 0.3) is 0 Å². The maximum absolute atomic E-state index is 13.4. The predicted molar refractivity (Wildman–Crippen MR) is 124 cm³/mol. The number of amides is 1. The van der Waals surface area contributed by atoms with Crippen molar-refractivity contribution in [2.24, 2.45) is 11.3 Å². The minimum absolute atomic E-state index is 0.211. The van der Waals surface area contributed by atoms with Crippen LogP contribution in [0.25, 0.3) is 5.69 Å². The van der Waals surface area contributed by atoms with Crippen molar-refractivity contribution in [1.82, 2.24) is 25.1 Å². The molecule has 1 atom stereocenters. The van der Waals surface area contributed by atoms with E-state index in [-0.39, 0.29) is 23.9 Å². The van der Waals surface area contributed by atoms with Crippen LogP contribution >= 0.6 is 0 Å². The SMILES string of the molecule is CC1=C(N2CCC3(CCC(C[C@H](C)c4ccc5c(c4)CCc4nnnn4-5)CC3)C2=O)COC1=O. The summed E-state index contributed by atoms with van der Waals surface area (Å²) < 4.78 is 7.01. The second kappa shape index (κ2) is 8.03. The van der Waals surface area contributed by atoms with Crippen LogP contribution in [0.5, 0.6) is 0 Å². The molecule has 1 aromatic carbocycles. The van der Waals surface area contributed by atoms with Crippen molar-refractivity contribution in [2.75, 3.05) is 13.2 Å². The van der Waals surface area contributed by atoms with Gasteiger partial charge >= 0.3 is 5.97 Å². The van der Waals surface area contributed by atoms with Gasteiger partial charge in [-0.3, -0.25) is 4.79 Å². The lowest BCUT2D eigenvalue weighted by Gasteiger charge is -2.36. The van der Waals surface area contributed by atoms with Crippen molar-refractivity contribution in [1.29, 1.82) is 0 Å². The summed E-state index contributed by atoms with van der Waals surface area (Å²) in [7, 11) is 0. The lowest BCUT2D eigenvalue weighted by atomic mass is 9.67. The predicted octanol–water partition coefficient (Wildman–Crippen LogP) is 3.49. The van der Waals surface area contributed by atoms with Gasteiger partial charge in [0.1, 0.15) is 6.61 Å². The lowest BCUT2D eigenvalue weighted by Crippen LogP contribution is -2.37. The number of carbonyl (C=O) groups is 2. The van der Waals surface area contributed by atoms with Crippen molar-refractivity contribution in [3.8, 4) is 5.69 Å². The highest BCUT2D eigenvalue weighted by molar-refractivity contribution is 5.94. The molecule has 1 aromatic heterocycles. The minimum Gasteiger partial charge on any atom is -0.456 e. The van der Waals surface area contributed by atoms with Crippen molar-refractivity contribution >= 4 is 11.9 Å². The summed E-state index contributed by atoms with van der Waals surface area (Å²) in [4.78, 5) is 27.0. The lowest BCUT2D eigenvalue weighted by molar-refractivity contribution is -0.138. The van der Waals surface area contributed by atoms with E-state index in [1.807, 2.05) is 9.58 Å². The summed E-state index contributed by atoms with van der Waals surface area (Å²) in [6.07, 6.45) is 7.99. The molecule has 4 aliphatic rings. The van der Waals surface area contributed by atoms with Gasteiger partial charge in [-0.2, -0.15) is 4.68 Å². The van der Waals surface area contributed by atoms with Crippen LogP contribution in [-0.2, 0) is 27.2 Å². The highest BCUT2D eigenvalue weighted by Gasteiger charge is 2.50. The quantitative estimate of drug-likeness (QED) is 0.648. The molecule has 178 valence electrons. The van der Waals surface area contributed by atoms with E-state index in [4.69, 9.17) is 4.74 Å². The van der Waals surface area contributed by atoms with Gasteiger partial charge in [-0.25, -0.2) is 4.79 Å². The molecule has 1 spiro atoms. The van der Waals surface area contributed by atoms with Gasteiger partial charge < -0.3 is 9.64 Å². The number of nitrogens with zero attached hydrogens (tertiary/aromatic N) is 5. The number of tetrazole rings is 1. The first-order valence-corrected chi connectivity index (χ1v) is 12.5. The van der Waals surface area contributed by atoms with Crippen LogP contribution in [0.3, 0.4) is 0 Å². The number of fused-ring (bicyclic) bond motifs is 3. The van der Waals surface area contributed by atoms with Gasteiger partial charge in [0.15, 0.2) is 5.82 Å². The summed E-state index contributed by atoms with van der Waals surface area (Å²) in [6, 6.07) is 6.73. The second-order valence-electron chi connectivity index (χ2n) is 10.6. The summed E-state index contributed by atoms with van der Waals surface area (Å²) in [5.41, 5.74) is 4.94. The molecule has 8 heteroatoms. The normalized spacial score (nSPS) is 27.2. The summed E-state index contributed by atoms with van der Waals surface area (Å²) in [5, 5.41) is 12.1. The molecule has 1 saturated heterocycles. The highest BCUT2D eigenvalue weighted by Crippen LogP contribution is 2.49. The third kappa shape index (κ3) is 3.37. The van der Waals surface area contributed by atoms with Gasteiger partial charge in [0.2, 0.25) is 5.91 Å². The zero-order valence-corrected chi connectivity index (χ0v) is 19.9. The summed E-state index contributed by atoms with van der Waals surface area (Å²) in [6.45, 7) is 5.04. The Morgan fingerprint density at radius 2 is 2.00 bits per heavy atom. The Morgan fingerprint density at radius 1 is 1.18 bits per heavy atom. The molecule has 2 fully saturated rings. The second-order valence-corrected chi connectivity index (χ2v) is 10.6. The monoisotopic (exact) mass is 461 g/mol. The fraction of sp³-hybridized carbons (Fsp3) is 0.577. The van der Waals surface area contributed by atoms with Crippen LogP contribution in [0, 0.1) is 11.3 Å². The number of hydrogen-bond donors (Lipinski definition) is 0. The zero-order chi connectivity index (χ0) is 23.4. The van der Waals surface area contributed by atoms with E-state index in [0.717, 1.165) is 68.6 Å². The number of ether oxygens (including phenoxy) is 1. The first kappa shape index (κ1) is 21.5. The molecule has 8 nitrogen and oxygen atoms in total. The molecule has 6 rings (SSSR count). The Bertz CT molecular complexity index is 1190. The van der Waals surface area contributed by atoms with Crippen LogP contribution in [-0.4, -0.2) is 50.1 Å².